The Morgan fingerprint density at radius 1 is 0.733 bits per heavy atom. The van der Waals surface area contributed by atoms with Gasteiger partial charge < -0.3 is 19.2 Å². The predicted molar refractivity (Wildman–Crippen MR) is 120 cm³/mol. The molecule has 30 heavy (non-hydrogen) atoms. The van der Waals surface area contributed by atoms with Gasteiger partial charge in [0.2, 0.25) is 0 Å². The molecule has 0 unspecified atom stereocenters. The summed E-state index contributed by atoms with van der Waals surface area (Å²) in [7, 11) is 4.81. The lowest BCUT2D eigenvalue weighted by Crippen LogP contribution is -1.95. The number of aromatic amines is 1. The summed E-state index contributed by atoms with van der Waals surface area (Å²) in [6.45, 7) is 0. The van der Waals surface area contributed by atoms with Crippen LogP contribution in [-0.2, 0) is 0 Å². The number of imidazole rings is 1. The number of hydrogen-bond acceptors (Lipinski definition) is 4. The number of benzene rings is 3. The Bertz CT molecular complexity index is 1160. The summed E-state index contributed by atoms with van der Waals surface area (Å²) in [6.07, 6.45) is 0. The van der Waals surface area contributed by atoms with Crippen molar-refractivity contribution in [3.8, 4) is 51.2 Å². The zero-order chi connectivity index (χ0) is 21.1. The van der Waals surface area contributed by atoms with E-state index in [4.69, 9.17) is 30.8 Å². The van der Waals surface area contributed by atoms with E-state index in [1.807, 2.05) is 60.7 Å². The number of aromatic nitrogens is 2. The van der Waals surface area contributed by atoms with Crippen LogP contribution in [0.1, 0.15) is 0 Å². The highest BCUT2D eigenvalue weighted by Gasteiger charge is 2.20. The summed E-state index contributed by atoms with van der Waals surface area (Å²) in [6, 6.07) is 21.4. The summed E-state index contributed by atoms with van der Waals surface area (Å²) >= 11 is 6.09. The van der Waals surface area contributed by atoms with Crippen LogP contribution in [0.25, 0.3) is 33.9 Å². The molecule has 1 N–H and O–H groups in total. The standard InChI is InChI=1S/C24H21ClN2O3/c1-28-19-14-21(30-3)20(29-2)13-18(19)24-26-22(15-7-5-4-6-8-15)23(27-24)16-9-11-17(25)12-10-16/h4-14H,1-3H3,(H,26,27). The lowest BCUT2D eigenvalue weighted by Gasteiger charge is -2.12. The molecule has 0 saturated heterocycles. The van der Waals surface area contributed by atoms with E-state index in [1.165, 1.54) is 0 Å². The zero-order valence-electron chi connectivity index (χ0n) is 16.9. The molecule has 1 aromatic heterocycles. The maximum absolute atomic E-state index is 6.09. The third kappa shape index (κ3) is 3.72. The molecule has 6 heteroatoms. The van der Waals surface area contributed by atoms with Gasteiger partial charge in [-0.1, -0.05) is 54.1 Å². The molecule has 0 aliphatic rings. The molecule has 3 aromatic carbocycles. The van der Waals surface area contributed by atoms with Gasteiger partial charge in [0.05, 0.1) is 38.3 Å². The minimum atomic E-state index is 0.589. The van der Waals surface area contributed by atoms with Gasteiger partial charge in [-0.15, -0.1) is 0 Å². The topological polar surface area (TPSA) is 56.4 Å². The van der Waals surface area contributed by atoms with Gasteiger partial charge in [-0.05, 0) is 18.2 Å². The van der Waals surface area contributed by atoms with Gasteiger partial charge in [0.25, 0.3) is 0 Å². The largest absolute Gasteiger partial charge is 0.496 e. The molecule has 0 amide bonds. The highest BCUT2D eigenvalue weighted by atomic mass is 35.5. The van der Waals surface area contributed by atoms with Crippen LogP contribution in [0.15, 0.2) is 66.7 Å². The first-order valence-corrected chi connectivity index (χ1v) is 9.74. The van der Waals surface area contributed by atoms with Crippen molar-refractivity contribution in [1.82, 2.24) is 9.97 Å². The molecule has 0 aliphatic carbocycles. The molecule has 0 radical (unpaired) electrons. The summed E-state index contributed by atoms with van der Waals surface area (Å²) in [5.74, 6) is 2.48. The number of H-pyrrole nitrogens is 1. The van der Waals surface area contributed by atoms with Crippen molar-refractivity contribution >= 4 is 11.6 Å². The second-order valence-electron chi connectivity index (χ2n) is 6.59. The zero-order valence-corrected chi connectivity index (χ0v) is 17.7. The Hall–Kier alpha value is -3.44. The molecule has 0 spiro atoms. The molecule has 4 aromatic rings. The number of rotatable bonds is 6. The summed E-state index contributed by atoms with van der Waals surface area (Å²) in [4.78, 5) is 8.39. The highest BCUT2D eigenvalue weighted by molar-refractivity contribution is 6.30. The van der Waals surface area contributed by atoms with Crippen LogP contribution in [0.4, 0.5) is 0 Å². The smallest absolute Gasteiger partial charge is 0.164 e. The number of halogens is 1. The number of hydrogen-bond donors (Lipinski definition) is 1. The van der Waals surface area contributed by atoms with Gasteiger partial charge >= 0.3 is 0 Å². The quantitative estimate of drug-likeness (QED) is 0.410. The van der Waals surface area contributed by atoms with Gasteiger partial charge in [0.15, 0.2) is 11.5 Å². The van der Waals surface area contributed by atoms with Gasteiger partial charge in [-0.25, -0.2) is 4.98 Å². The molecule has 1 heterocycles. The fraction of sp³-hybridized carbons (Fsp3) is 0.125. The highest BCUT2D eigenvalue weighted by Crippen LogP contribution is 2.41. The van der Waals surface area contributed by atoms with Crippen molar-refractivity contribution in [1.29, 1.82) is 0 Å². The van der Waals surface area contributed by atoms with E-state index in [2.05, 4.69) is 4.98 Å². The van der Waals surface area contributed by atoms with Crippen LogP contribution in [0.3, 0.4) is 0 Å². The second kappa shape index (κ2) is 8.51. The average molecular weight is 421 g/mol. The lowest BCUT2D eigenvalue weighted by atomic mass is 10.1. The Balaban J connectivity index is 1.93. The summed E-state index contributed by atoms with van der Waals surface area (Å²) < 4.78 is 16.5. The van der Waals surface area contributed by atoms with E-state index in [0.29, 0.717) is 28.1 Å². The Kier molecular flexibility index (Phi) is 5.63. The molecular weight excluding hydrogens is 400 g/mol. The van der Waals surface area contributed by atoms with E-state index < -0.39 is 0 Å². The molecule has 0 atom stereocenters. The van der Waals surface area contributed by atoms with Crippen molar-refractivity contribution in [3.05, 3.63) is 71.8 Å². The molecule has 0 bridgehead atoms. The van der Waals surface area contributed by atoms with Gasteiger partial charge in [0.1, 0.15) is 11.6 Å². The van der Waals surface area contributed by atoms with E-state index in [1.54, 1.807) is 27.4 Å². The maximum atomic E-state index is 6.09. The Morgan fingerprint density at radius 2 is 1.37 bits per heavy atom. The second-order valence-corrected chi connectivity index (χ2v) is 7.03. The molecule has 0 aliphatic heterocycles. The van der Waals surface area contributed by atoms with E-state index >= 15 is 0 Å². The van der Waals surface area contributed by atoms with Crippen molar-refractivity contribution in [2.75, 3.05) is 21.3 Å². The first kappa shape index (κ1) is 19.9. The Labute approximate surface area is 180 Å². The van der Waals surface area contributed by atoms with E-state index in [0.717, 1.165) is 28.1 Å². The van der Waals surface area contributed by atoms with Crippen LogP contribution in [0.5, 0.6) is 17.2 Å². The SMILES string of the molecule is COc1cc(OC)c(-c2nc(-c3ccccc3)c(-c3ccc(Cl)cc3)[nH]2)cc1OC. The fourth-order valence-corrected chi connectivity index (χ4v) is 3.47. The molecule has 0 saturated carbocycles. The van der Waals surface area contributed by atoms with E-state index in [-0.39, 0.29) is 0 Å². The number of nitrogens with one attached hydrogen (secondary N) is 1. The van der Waals surface area contributed by atoms with Crippen LogP contribution in [0, 0.1) is 0 Å². The van der Waals surface area contributed by atoms with Crippen molar-refractivity contribution in [2.24, 2.45) is 0 Å². The van der Waals surface area contributed by atoms with Crippen LogP contribution < -0.4 is 14.2 Å². The summed E-state index contributed by atoms with van der Waals surface area (Å²) in [5, 5.41) is 0.682. The van der Waals surface area contributed by atoms with Gasteiger partial charge in [-0.3, -0.25) is 0 Å². The number of methoxy groups -OCH3 is 3. The third-order valence-electron chi connectivity index (χ3n) is 4.84. The van der Waals surface area contributed by atoms with Crippen LogP contribution in [0.2, 0.25) is 5.02 Å². The predicted octanol–water partition coefficient (Wildman–Crippen LogP) is 6.09. The van der Waals surface area contributed by atoms with Crippen molar-refractivity contribution < 1.29 is 14.2 Å². The first-order valence-electron chi connectivity index (χ1n) is 9.36. The van der Waals surface area contributed by atoms with Crippen molar-refractivity contribution in [2.45, 2.75) is 0 Å². The first-order chi connectivity index (χ1) is 14.6. The van der Waals surface area contributed by atoms with Gasteiger partial charge in [-0.2, -0.15) is 0 Å². The monoisotopic (exact) mass is 420 g/mol. The third-order valence-corrected chi connectivity index (χ3v) is 5.10. The van der Waals surface area contributed by atoms with Crippen LogP contribution >= 0.6 is 11.6 Å². The van der Waals surface area contributed by atoms with Gasteiger partial charge in [0, 0.05) is 22.2 Å². The average Bonchev–Trinajstić information content (AvgIpc) is 3.24. The molecule has 4 rings (SSSR count). The maximum Gasteiger partial charge on any atom is 0.164 e. The van der Waals surface area contributed by atoms with Crippen LogP contribution in [-0.4, -0.2) is 31.3 Å². The number of ether oxygens (including phenoxy) is 3. The molecule has 0 fully saturated rings. The molecule has 5 nitrogen and oxygen atoms in total. The fourth-order valence-electron chi connectivity index (χ4n) is 3.35. The van der Waals surface area contributed by atoms with E-state index in [9.17, 15) is 0 Å². The summed E-state index contributed by atoms with van der Waals surface area (Å²) in [5.41, 5.74) is 4.49. The minimum Gasteiger partial charge on any atom is -0.496 e. The van der Waals surface area contributed by atoms with Crippen molar-refractivity contribution in [3.63, 3.8) is 0 Å². The normalized spacial score (nSPS) is 10.7. The molecular formula is C24H21ClN2O3. The minimum absolute atomic E-state index is 0.589. The molecule has 152 valence electrons. The Morgan fingerprint density at radius 3 is 2.00 bits per heavy atom. The number of nitrogens with zero attached hydrogens (tertiary/aromatic N) is 1. The lowest BCUT2D eigenvalue weighted by molar-refractivity contribution is 0.349.